The number of aromatic nitrogens is 1. The minimum Gasteiger partial charge on any atom is -0.490 e. The van der Waals surface area contributed by atoms with Gasteiger partial charge in [-0.25, -0.2) is 9.79 Å². The van der Waals surface area contributed by atoms with E-state index in [0.29, 0.717) is 45.3 Å². The third-order valence-electron chi connectivity index (χ3n) is 7.51. The van der Waals surface area contributed by atoms with Crippen molar-refractivity contribution in [2.45, 2.75) is 33.4 Å². The second-order valence-corrected chi connectivity index (χ2v) is 12.3. The zero-order valence-electron chi connectivity index (χ0n) is 25.1. The van der Waals surface area contributed by atoms with Crippen LogP contribution in [0.25, 0.3) is 16.8 Å². The molecule has 0 saturated heterocycles. The summed E-state index contributed by atoms with van der Waals surface area (Å²) < 4.78 is 20.6. The fourth-order valence-corrected chi connectivity index (χ4v) is 6.78. The molecule has 1 atom stereocenters. The van der Waals surface area contributed by atoms with Crippen molar-refractivity contribution in [3.63, 3.8) is 0 Å². The number of hydrogen-bond acceptors (Lipinski definition) is 7. The van der Waals surface area contributed by atoms with Crippen molar-refractivity contribution >= 4 is 50.1 Å². The van der Waals surface area contributed by atoms with Crippen LogP contribution in [0.1, 0.15) is 43.5 Å². The lowest BCUT2D eigenvalue weighted by Gasteiger charge is -2.25. The van der Waals surface area contributed by atoms with Crippen molar-refractivity contribution in [2.75, 3.05) is 13.2 Å². The van der Waals surface area contributed by atoms with Gasteiger partial charge >= 0.3 is 5.97 Å². The molecule has 6 rings (SSSR count). The summed E-state index contributed by atoms with van der Waals surface area (Å²) in [5, 5.41) is 1.97. The Morgan fingerprint density at radius 3 is 2.51 bits per heavy atom. The first-order chi connectivity index (χ1) is 21.9. The number of rotatable bonds is 9. The van der Waals surface area contributed by atoms with Crippen LogP contribution in [0, 0.1) is 0 Å². The van der Waals surface area contributed by atoms with Crippen molar-refractivity contribution in [3.05, 3.63) is 137 Å². The van der Waals surface area contributed by atoms with E-state index in [1.807, 2.05) is 97.9 Å². The highest BCUT2D eigenvalue weighted by Crippen LogP contribution is 2.35. The minimum absolute atomic E-state index is 0.216. The van der Waals surface area contributed by atoms with Crippen molar-refractivity contribution < 1.29 is 19.0 Å². The fraction of sp³-hybridized carbons (Fsp3) is 0.194. The summed E-state index contributed by atoms with van der Waals surface area (Å²) in [5.41, 5.74) is 3.30. The molecule has 0 spiro atoms. The lowest BCUT2D eigenvalue weighted by atomic mass is 9.91. The Morgan fingerprint density at radius 1 is 0.956 bits per heavy atom. The largest absolute Gasteiger partial charge is 0.490 e. The summed E-state index contributed by atoms with van der Waals surface area (Å²) in [6, 6.07) is 26.8. The lowest BCUT2D eigenvalue weighted by molar-refractivity contribution is -0.139. The first kappa shape index (κ1) is 30.6. The van der Waals surface area contributed by atoms with E-state index >= 15 is 0 Å². The molecule has 0 saturated carbocycles. The van der Waals surface area contributed by atoms with Crippen molar-refractivity contribution in [1.82, 2.24) is 4.57 Å². The molecule has 5 aromatic rings. The van der Waals surface area contributed by atoms with Gasteiger partial charge in [-0.3, -0.25) is 9.36 Å². The van der Waals surface area contributed by atoms with Gasteiger partial charge in [0.1, 0.15) is 6.61 Å². The van der Waals surface area contributed by atoms with E-state index in [-0.39, 0.29) is 12.2 Å². The Labute approximate surface area is 272 Å². The van der Waals surface area contributed by atoms with Crippen LogP contribution in [0.15, 0.2) is 110 Å². The first-order valence-electron chi connectivity index (χ1n) is 14.7. The highest BCUT2D eigenvalue weighted by atomic mass is 79.9. The Hall–Kier alpha value is -4.47. The number of fused-ring (bicyclic) bond motifs is 2. The van der Waals surface area contributed by atoms with E-state index < -0.39 is 12.0 Å². The van der Waals surface area contributed by atoms with Crippen molar-refractivity contribution in [3.8, 4) is 11.5 Å². The van der Waals surface area contributed by atoms with E-state index in [1.165, 1.54) is 11.3 Å². The molecule has 0 fully saturated rings. The molecule has 2 heterocycles. The molecule has 0 N–H and O–H groups in total. The smallest absolute Gasteiger partial charge is 0.338 e. The predicted molar refractivity (Wildman–Crippen MR) is 180 cm³/mol. The van der Waals surface area contributed by atoms with Gasteiger partial charge in [0, 0.05) is 4.47 Å². The van der Waals surface area contributed by atoms with Gasteiger partial charge in [0.05, 0.1) is 35.1 Å². The number of ether oxygens (including phenoxy) is 3. The molecule has 0 amide bonds. The number of benzene rings is 4. The van der Waals surface area contributed by atoms with Crippen LogP contribution in [0.2, 0.25) is 0 Å². The highest BCUT2D eigenvalue weighted by Gasteiger charge is 2.34. The minimum atomic E-state index is -0.693. The van der Waals surface area contributed by atoms with Crippen LogP contribution in [0.5, 0.6) is 11.5 Å². The van der Waals surface area contributed by atoms with Crippen molar-refractivity contribution in [2.24, 2.45) is 4.99 Å². The Morgan fingerprint density at radius 2 is 1.73 bits per heavy atom. The van der Waals surface area contributed by atoms with E-state index in [2.05, 4.69) is 15.9 Å². The van der Waals surface area contributed by atoms with Crippen molar-refractivity contribution in [1.29, 1.82) is 0 Å². The molecule has 9 heteroatoms. The van der Waals surface area contributed by atoms with E-state index in [9.17, 15) is 9.59 Å². The second-order valence-electron chi connectivity index (χ2n) is 10.4. The molecule has 45 heavy (non-hydrogen) atoms. The van der Waals surface area contributed by atoms with Crippen LogP contribution < -0.4 is 24.4 Å². The van der Waals surface area contributed by atoms with Gasteiger partial charge in [0.25, 0.3) is 5.56 Å². The number of nitrogens with zero attached hydrogens (tertiary/aromatic N) is 2. The van der Waals surface area contributed by atoms with E-state index in [4.69, 9.17) is 19.2 Å². The van der Waals surface area contributed by atoms with E-state index in [1.54, 1.807) is 18.4 Å². The van der Waals surface area contributed by atoms with Gasteiger partial charge in [0.15, 0.2) is 16.3 Å². The summed E-state index contributed by atoms with van der Waals surface area (Å²) in [6.45, 7) is 6.54. The number of hydrogen-bond donors (Lipinski definition) is 0. The topological polar surface area (TPSA) is 79.1 Å². The molecule has 1 aromatic heterocycles. The summed E-state index contributed by atoms with van der Waals surface area (Å²) in [6.07, 6.45) is 1.83. The Kier molecular flexibility index (Phi) is 9.00. The van der Waals surface area contributed by atoms with Crippen LogP contribution in [0.3, 0.4) is 0 Å². The molecule has 7 nitrogen and oxygen atoms in total. The number of thiazole rings is 1. The van der Waals surface area contributed by atoms with Gasteiger partial charge in [-0.1, -0.05) is 87.9 Å². The van der Waals surface area contributed by atoms with Gasteiger partial charge in [-0.05, 0) is 78.6 Å². The van der Waals surface area contributed by atoms with Gasteiger partial charge in [0.2, 0.25) is 0 Å². The second kappa shape index (κ2) is 13.3. The van der Waals surface area contributed by atoms with Gasteiger partial charge in [-0.15, -0.1) is 0 Å². The highest BCUT2D eigenvalue weighted by molar-refractivity contribution is 9.10. The molecular weight excluding hydrogens is 652 g/mol. The zero-order valence-corrected chi connectivity index (χ0v) is 27.5. The Bertz CT molecular complexity index is 2110. The number of allylic oxidation sites excluding steroid dienone is 1. The van der Waals surface area contributed by atoms with Crippen LogP contribution in [0.4, 0.5) is 0 Å². The van der Waals surface area contributed by atoms with Crippen LogP contribution in [-0.4, -0.2) is 23.8 Å². The summed E-state index contributed by atoms with van der Waals surface area (Å²) in [4.78, 5) is 32.8. The fourth-order valence-electron chi connectivity index (χ4n) is 5.47. The van der Waals surface area contributed by atoms with Crippen LogP contribution >= 0.6 is 27.3 Å². The van der Waals surface area contributed by atoms with Gasteiger partial charge < -0.3 is 14.2 Å². The SMILES string of the molecule is CCOC(=O)C1=C(C)N=c2s/c(=C/c3ccc(OCc4ccc(Br)cc4)c(OCC)c3)c(=O)n2[C@@H]1c1cccc2ccccc12. The number of carbonyl (C=O) groups excluding carboxylic acids is 1. The molecule has 1 aliphatic rings. The molecule has 0 bridgehead atoms. The first-order valence-corrected chi connectivity index (χ1v) is 16.3. The molecule has 0 radical (unpaired) electrons. The van der Waals surface area contributed by atoms with Crippen LogP contribution in [-0.2, 0) is 16.1 Å². The maximum atomic E-state index is 14.2. The number of carbonyl (C=O) groups is 1. The lowest BCUT2D eigenvalue weighted by Crippen LogP contribution is -2.40. The maximum absolute atomic E-state index is 14.2. The standard InChI is InChI=1S/C36H31BrN2O5S/c1-4-42-30-19-24(15-18-29(30)44-21-23-13-16-26(37)17-14-23)20-31-34(40)39-33(28-12-8-10-25-9-6-7-11-27(25)28)32(35(41)43-5-2)22(3)38-36(39)45-31/h6-20,33H,4-5,21H2,1-3H3/b31-20+/t33-/m1/s1. The average Bonchev–Trinajstić information content (AvgIpc) is 3.34. The normalized spacial score (nSPS) is 14.7. The zero-order chi connectivity index (χ0) is 31.5. The molecular formula is C36H31BrN2O5S. The molecule has 1 aliphatic heterocycles. The molecule has 4 aromatic carbocycles. The third kappa shape index (κ3) is 6.23. The number of halogens is 1. The summed E-state index contributed by atoms with van der Waals surface area (Å²) >= 11 is 4.75. The average molecular weight is 684 g/mol. The predicted octanol–water partition coefficient (Wildman–Crippen LogP) is 6.69. The summed E-state index contributed by atoms with van der Waals surface area (Å²) in [5.74, 6) is 0.722. The Balaban J connectivity index is 1.44. The summed E-state index contributed by atoms with van der Waals surface area (Å²) in [7, 11) is 0. The third-order valence-corrected chi connectivity index (χ3v) is 9.02. The molecule has 0 aliphatic carbocycles. The monoisotopic (exact) mass is 682 g/mol. The quantitative estimate of drug-likeness (QED) is 0.162. The number of esters is 1. The van der Waals surface area contributed by atoms with Gasteiger partial charge in [-0.2, -0.15) is 0 Å². The molecule has 228 valence electrons. The van der Waals surface area contributed by atoms with E-state index in [0.717, 1.165) is 31.9 Å². The molecule has 0 unspecified atom stereocenters. The maximum Gasteiger partial charge on any atom is 0.338 e.